The van der Waals surface area contributed by atoms with Crippen LogP contribution in [0.15, 0.2) is 66.7 Å². The van der Waals surface area contributed by atoms with E-state index >= 15 is 0 Å². The van der Waals surface area contributed by atoms with Crippen molar-refractivity contribution in [3.8, 4) is 0 Å². The van der Waals surface area contributed by atoms with Gasteiger partial charge in [0.25, 0.3) is 5.91 Å². The van der Waals surface area contributed by atoms with Gasteiger partial charge in [-0.2, -0.15) is 0 Å². The van der Waals surface area contributed by atoms with Gasteiger partial charge in [0, 0.05) is 5.56 Å². The van der Waals surface area contributed by atoms with Crippen molar-refractivity contribution in [2.75, 3.05) is 4.90 Å². The van der Waals surface area contributed by atoms with Crippen LogP contribution in [0.5, 0.6) is 0 Å². The van der Waals surface area contributed by atoms with Crippen LogP contribution in [0.1, 0.15) is 32.6 Å². The number of aryl methyl sites for hydroxylation is 3. The molecule has 140 valence electrons. The molecule has 0 fully saturated rings. The van der Waals surface area contributed by atoms with Gasteiger partial charge < -0.3 is 0 Å². The number of aromatic nitrogens is 1. The van der Waals surface area contributed by atoms with Gasteiger partial charge >= 0.3 is 0 Å². The molecule has 0 saturated carbocycles. The second kappa shape index (κ2) is 7.56. The standard InChI is InChI=1S/C24H22N2OS/c1-16-12-13-20(18(3)14-16)23(27)26(15-19-9-5-4-6-10-19)24-25-22-17(2)8-7-11-21(22)28-24/h4-14H,15H2,1-3H3. The van der Waals surface area contributed by atoms with E-state index in [0.29, 0.717) is 6.54 Å². The van der Waals surface area contributed by atoms with Crippen molar-refractivity contribution in [1.82, 2.24) is 4.98 Å². The molecule has 1 aromatic heterocycles. The summed E-state index contributed by atoms with van der Waals surface area (Å²) in [7, 11) is 0. The maximum atomic E-state index is 13.5. The fourth-order valence-corrected chi connectivity index (χ4v) is 4.42. The van der Waals surface area contributed by atoms with Crippen molar-refractivity contribution in [2.24, 2.45) is 0 Å². The van der Waals surface area contributed by atoms with E-state index in [0.717, 1.165) is 43.2 Å². The molecule has 4 heteroatoms. The van der Waals surface area contributed by atoms with Crippen LogP contribution in [0.3, 0.4) is 0 Å². The summed E-state index contributed by atoms with van der Waals surface area (Å²) < 4.78 is 1.10. The topological polar surface area (TPSA) is 33.2 Å². The van der Waals surface area contributed by atoms with E-state index in [1.165, 1.54) is 0 Å². The molecule has 0 aliphatic rings. The number of nitrogens with zero attached hydrogens (tertiary/aromatic N) is 2. The molecule has 1 heterocycles. The van der Waals surface area contributed by atoms with Crippen molar-refractivity contribution >= 4 is 32.6 Å². The van der Waals surface area contributed by atoms with Gasteiger partial charge in [-0.25, -0.2) is 4.98 Å². The van der Waals surface area contributed by atoms with E-state index in [1.807, 2.05) is 62.4 Å². The molecule has 3 aromatic carbocycles. The zero-order chi connectivity index (χ0) is 19.7. The first kappa shape index (κ1) is 18.4. The summed E-state index contributed by atoms with van der Waals surface area (Å²) in [4.78, 5) is 20.2. The minimum absolute atomic E-state index is 0.0157. The molecule has 0 radical (unpaired) electrons. The molecular formula is C24H22N2OS. The third-order valence-electron chi connectivity index (χ3n) is 4.88. The Morgan fingerprint density at radius 2 is 1.71 bits per heavy atom. The number of hydrogen-bond acceptors (Lipinski definition) is 3. The lowest BCUT2D eigenvalue weighted by molar-refractivity contribution is 0.0984. The highest BCUT2D eigenvalue weighted by Gasteiger charge is 2.23. The Hall–Kier alpha value is -2.98. The highest BCUT2D eigenvalue weighted by molar-refractivity contribution is 7.22. The van der Waals surface area contributed by atoms with Gasteiger partial charge in [0.05, 0.1) is 16.8 Å². The van der Waals surface area contributed by atoms with Crippen LogP contribution in [0.25, 0.3) is 10.2 Å². The van der Waals surface area contributed by atoms with Gasteiger partial charge in [0.1, 0.15) is 0 Å². The van der Waals surface area contributed by atoms with Crippen LogP contribution in [-0.4, -0.2) is 10.9 Å². The lowest BCUT2D eigenvalue weighted by atomic mass is 10.0. The van der Waals surface area contributed by atoms with E-state index in [1.54, 1.807) is 16.2 Å². The van der Waals surface area contributed by atoms with Crippen LogP contribution in [0.2, 0.25) is 0 Å². The lowest BCUT2D eigenvalue weighted by Crippen LogP contribution is -2.31. The molecule has 0 aliphatic carbocycles. The molecule has 0 N–H and O–H groups in total. The molecule has 0 spiro atoms. The van der Waals surface area contributed by atoms with E-state index in [-0.39, 0.29) is 5.91 Å². The SMILES string of the molecule is Cc1ccc(C(=O)N(Cc2ccccc2)c2nc3c(C)cccc3s2)c(C)c1. The first-order valence-corrected chi connectivity index (χ1v) is 10.1. The smallest absolute Gasteiger partial charge is 0.260 e. The number of carbonyl (C=O) groups excluding carboxylic acids is 1. The molecule has 0 atom stereocenters. The molecule has 0 saturated heterocycles. The molecule has 3 nitrogen and oxygen atoms in total. The molecule has 28 heavy (non-hydrogen) atoms. The molecule has 0 unspecified atom stereocenters. The van der Waals surface area contributed by atoms with Crippen molar-refractivity contribution in [2.45, 2.75) is 27.3 Å². The number of benzene rings is 3. The summed E-state index contributed by atoms with van der Waals surface area (Å²) in [6.07, 6.45) is 0. The Kier molecular flexibility index (Phi) is 4.97. The van der Waals surface area contributed by atoms with Gasteiger partial charge in [0.2, 0.25) is 0 Å². The summed E-state index contributed by atoms with van der Waals surface area (Å²) in [5, 5.41) is 0.734. The summed E-state index contributed by atoms with van der Waals surface area (Å²) in [5.41, 5.74) is 6.03. The van der Waals surface area contributed by atoms with E-state index < -0.39 is 0 Å². The van der Waals surface area contributed by atoms with Crippen LogP contribution < -0.4 is 4.90 Å². The second-order valence-electron chi connectivity index (χ2n) is 7.11. The highest BCUT2D eigenvalue weighted by atomic mass is 32.1. The summed E-state index contributed by atoms with van der Waals surface area (Å²) in [6.45, 7) is 6.58. The van der Waals surface area contributed by atoms with Gasteiger partial charge in [-0.15, -0.1) is 0 Å². The third-order valence-corrected chi connectivity index (χ3v) is 5.92. The van der Waals surface area contributed by atoms with E-state index in [2.05, 4.69) is 25.1 Å². The van der Waals surface area contributed by atoms with Crippen molar-refractivity contribution in [3.63, 3.8) is 0 Å². The average Bonchev–Trinajstić information content (AvgIpc) is 3.12. The zero-order valence-electron chi connectivity index (χ0n) is 16.3. The van der Waals surface area contributed by atoms with Crippen LogP contribution in [0, 0.1) is 20.8 Å². The normalized spacial score (nSPS) is 11.0. The number of carbonyl (C=O) groups is 1. The van der Waals surface area contributed by atoms with E-state index in [9.17, 15) is 4.79 Å². The molecule has 4 aromatic rings. The largest absolute Gasteiger partial charge is 0.279 e. The Balaban J connectivity index is 1.80. The van der Waals surface area contributed by atoms with Crippen molar-refractivity contribution in [1.29, 1.82) is 0 Å². The van der Waals surface area contributed by atoms with Crippen LogP contribution >= 0.6 is 11.3 Å². The number of thiazole rings is 1. The average molecular weight is 387 g/mol. The molecular weight excluding hydrogens is 364 g/mol. The number of anilines is 1. The number of hydrogen-bond donors (Lipinski definition) is 0. The number of rotatable bonds is 4. The Labute approximate surface area is 169 Å². The Bertz CT molecular complexity index is 1150. The predicted molar refractivity (Wildman–Crippen MR) is 117 cm³/mol. The molecule has 0 aliphatic heterocycles. The van der Waals surface area contributed by atoms with Gasteiger partial charge in [0.15, 0.2) is 5.13 Å². The monoisotopic (exact) mass is 386 g/mol. The minimum atomic E-state index is -0.0157. The fourth-order valence-electron chi connectivity index (χ4n) is 3.38. The van der Waals surface area contributed by atoms with Gasteiger partial charge in [-0.05, 0) is 49.6 Å². The van der Waals surface area contributed by atoms with Gasteiger partial charge in [-0.3, -0.25) is 9.69 Å². The lowest BCUT2D eigenvalue weighted by Gasteiger charge is -2.21. The Morgan fingerprint density at radius 1 is 0.929 bits per heavy atom. The zero-order valence-corrected chi connectivity index (χ0v) is 17.1. The maximum Gasteiger partial charge on any atom is 0.260 e. The summed E-state index contributed by atoms with van der Waals surface area (Å²) >= 11 is 1.56. The summed E-state index contributed by atoms with van der Waals surface area (Å²) in [6, 6.07) is 22.2. The first-order chi connectivity index (χ1) is 13.5. The second-order valence-corrected chi connectivity index (χ2v) is 8.12. The highest BCUT2D eigenvalue weighted by Crippen LogP contribution is 2.32. The number of amides is 1. The molecule has 1 amide bonds. The third kappa shape index (κ3) is 3.56. The first-order valence-electron chi connectivity index (χ1n) is 9.32. The quantitative estimate of drug-likeness (QED) is 0.426. The molecule has 4 rings (SSSR count). The van der Waals surface area contributed by atoms with E-state index in [4.69, 9.17) is 4.98 Å². The van der Waals surface area contributed by atoms with Gasteiger partial charge in [-0.1, -0.05) is 71.5 Å². The minimum Gasteiger partial charge on any atom is -0.279 e. The van der Waals surface area contributed by atoms with Crippen molar-refractivity contribution < 1.29 is 4.79 Å². The molecule has 0 bridgehead atoms. The Morgan fingerprint density at radius 3 is 2.43 bits per heavy atom. The van der Waals surface area contributed by atoms with Crippen LogP contribution in [0.4, 0.5) is 5.13 Å². The van der Waals surface area contributed by atoms with Crippen molar-refractivity contribution in [3.05, 3.63) is 94.5 Å². The fraction of sp³-hybridized carbons (Fsp3) is 0.167. The number of fused-ring (bicyclic) bond motifs is 1. The predicted octanol–water partition coefficient (Wildman–Crippen LogP) is 6.07. The maximum absolute atomic E-state index is 13.5. The van der Waals surface area contributed by atoms with Crippen LogP contribution in [-0.2, 0) is 6.54 Å². The summed E-state index contributed by atoms with van der Waals surface area (Å²) in [5.74, 6) is -0.0157. The number of para-hydroxylation sites is 1.